The van der Waals surface area contributed by atoms with Crippen LogP contribution in [0.4, 0.5) is 0 Å². The van der Waals surface area contributed by atoms with Gasteiger partial charge in [-0.25, -0.2) is 0 Å². The van der Waals surface area contributed by atoms with E-state index in [4.69, 9.17) is 4.42 Å². The van der Waals surface area contributed by atoms with Crippen LogP contribution < -0.4 is 0 Å². The van der Waals surface area contributed by atoms with Crippen LogP contribution in [0.15, 0.2) is 16.5 Å². The fourth-order valence-corrected chi connectivity index (χ4v) is 2.41. The van der Waals surface area contributed by atoms with Gasteiger partial charge in [0.15, 0.2) is 0 Å². The van der Waals surface area contributed by atoms with Crippen LogP contribution in [-0.2, 0) is 6.42 Å². The molecule has 0 atom stereocenters. The number of unbranched alkanes of at least 4 members (excludes halogenated alkanes) is 9. The SMILES string of the molecule is CCCCCCCCCCCCc1ccc(C)o1. The van der Waals surface area contributed by atoms with Gasteiger partial charge in [0.2, 0.25) is 0 Å². The van der Waals surface area contributed by atoms with Crippen molar-refractivity contribution in [3.05, 3.63) is 23.7 Å². The normalized spacial score (nSPS) is 11.0. The van der Waals surface area contributed by atoms with Crippen LogP contribution in [0, 0.1) is 6.92 Å². The molecule has 0 amide bonds. The van der Waals surface area contributed by atoms with Crippen molar-refractivity contribution in [1.82, 2.24) is 0 Å². The predicted octanol–water partition coefficient (Wildman–Crippen LogP) is 6.05. The highest BCUT2D eigenvalue weighted by Crippen LogP contribution is 2.13. The first-order valence-corrected chi connectivity index (χ1v) is 7.88. The highest BCUT2D eigenvalue weighted by atomic mass is 16.3. The van der Waals surface area contributed by atoms with Gasteiger partial charge in [0.1, 0.15) is 11.5 Å². The number of furan rings is 1. The molecule has 1 aromatic rings. The van der Waals surface area contributed by atoms with E-state index in [9.17, 15) is 0 Å². The molecule has 0 saturated heterocycles. The van der Waals surface area contributed by atoms with Crippen molar-refractivity contribution in [2.24, 2.45) is 0 Å². The van der Waals surface area contributed by atoms with Gasteiger partial charge in [0, 0.05) is 6.42 Å². The number of hydrogen-bond donors (Lipinski definition) is 0. The van der Waals surface area contributed by atoms with E-state index in [1.807, 2.05) is 6.92 Å². The maximum Gasteiger partial charge on any atom is 0.104 e. The summed E-state index contributed by atoms with van der Waals surface area (Å²) < 4.78 is 5.57. The second-order valence-electron chi connectivity index (χ2n) is 5.44. The Kier molecular flexibility index (Phi) is 8.71. The molecule has 18 heavy (non-hydrogen) atoms. The molecule has 0 aromatic carbocycles. The summed E-state index contributed by atoms with van der Waals surface area (Å²) in [6.07, 6.45) is 15.1. The van der Waals surface area contributed by atoms with E-state index in [1.54, 1.807) is 0 Å². The second-order valence-corrected chi connectivity index (χ2v) is 5.44. The van der Waals surface area contributed by atoms with Gasteiger partial charge in [-0.3, -0.25) is 0 Å². The average molecular weight is 250 g/mol. The first-order chi connectivity index (χ1) is 8.83. The molecule has 0 saturated carbocycles. The quantitative estimate of drug-likeness (QED) is 0.436. The van der Waals surface area contributed by atoms with Crippen molar-refractivity contribution in [2.75, 3.05) is 0 Å². The maximum absolute atomic E-state index is 5.57. The molecule has 0 aliphatic rings. The van der Waals surface area contributed by atoms with E-state index in [1.165, 1.54) is 64.2 Å². The lowest BCUT2D eigenvalue weighted by molar-refractivity contribution is 0.469. The Balaban J connectivity index is 1.81. The number of aryl methyl sites for hydroxylation is 2. The minimum atomic E-state index is 1.04. The fourth-order valence-electron chi connectivity index (χ4n) is 2.41. The summed E-state index contributed by atoms with van der Waals surface area (Å²) in [5.74, 6) is 2.20. The minimum Gasteiger partial charge on any atom is -0.466 e. The zero-order valence-corrected chi connectivity index (χ0v) is 12.3. The Hall–Kier alpha value is -0.720. The van der Waals surface area contributed by atoms with Gasteiger partial charge in [-0.2, -0.15) is 0 Å². The molecule has 0 fully saturated rings. The minimum absolute atomic E-state index is 1.04. The summed E-state index contributed by atoms with van der Waals surface area (Å²) in [6.45, 7) is 4.29. The lowest BCUT2D eigenvalue weighted by Gasteiger charge is -2.01. The molecule has 1 aromatic heterocycles. The van der Waals surface area contributed by atoms with E-state index in [-0.39, 0.29) is 0 Å². The Bertz CT molecular complexity index is 288. The largest absolute Gasteiger partial charge is 0.466 e. The molecule has 1 nitrogen and oxygen atoms in total. The highest BCUT2D eigenvalue weighted by Gasteiger charge is 1.98. The Morgan fingerprint density at radius 2 is 1.33 bits per heavy atom. The monoisotopic (exact) mass is 250 g/mol. The Morgan fingerprint density at radius 3 is 1.83 bits per heavy atom. The molecule has 104 valence electrons. The summed E-state index contributed by atoms with van der Waals surface area (Å²) in [6, 6.07) is 4.18. The zero-order chi connectivity index (χ0) is 13.1. The molecule has 0 radical (unpaired) electrons. The van der Waals surface area contributed by atoms with Gasteiger partial charge in [-0.15, -0.1) is 0 Å². The van der Waals surface area contributed by atoms with Crippen LogP contribution in [0.3, 0.4) is 0 Å². The molecule has 1 heterocycles. The average Bonchev–Trinajstić information content (AvgIpc) is 2.77. The van der Waals surface area contributed by atoms with E-state index in [0.29, 0.717) is 0 Å². The summed E-state index contributed by atoms with van der Waals surface area (Å²) in [5.41, 5.74) is 0. The summed E-state index contributed by atoms with van der Waals surface area (Å²) in [7, 11) is 0. The van der Waals surface area contributed by atoms with Gasteiger partial charge in [-0.05, 0) is 25.5 Å². The molecular formula is C17H30O. The Morgan fingerprint density at radius 1 is 0.778 bits per heavy atom. The third-order valence-corrected chi connectivity index (χ3v) is 3.57. The van der Waals surface area contributed by atoms with Crippen LogP contribution >= 0.6 is 0 Å². The van der Waals surface area contributed by atoms with Crippen molar-refractivity contribution in [2.45, 2.75) is 84.5 Å². The maximum atomic E-state index is 5.57. The fraction of sp³-hybridized carbons (Fsp3) is 0.765. The van der Waals surface area contributed by atoms with E-state index < -0.39 is 0 Å². The molecule has 0 aliphatic carbocycles. The first kappa shape index (κ1) is 15.3. The summed E-state index contributed by atoms with van der Waals surface area (Å²) in [4.78, 5) is 0. The van der Waals surface area contributed by atoms with Crippen LogP contribution in [0.25, 0.3) is 0 Å². The summed E-state index contributed by atoms with van der Waals surface area (Å²) in [5, 5.41) is 0. The number of rotatable bonds is 11. The van der Waals surface area contributed by atoms with Crippen molar-refractivity contribution in [3.63, 3.8) is 0 Å². The highest BCUT2D eigenvalue weighted by molar-refractivity contribution is 5.05. The van der Waals surface area contributed by atoms with Gasteiger partial charge >= 0.3 is 0 Å². The van der Waals surface area contributed by atoms with Crippen molar-refractivity contribution in [3.8, 4) is 0 Å². The smallest absolute Gasteiger partial charge is 0.104 e. The lowest BCUT2D eigenvalue weighted by atomic mass is 10.1. The van der Waals surface area contributed by atoms with Crippen LogP contribution in [0.2, 0.25) is 0 Å². The third-order valence-electron chi connectivity index (χ3n) is 3.57. The van der Waals surface area contributed by atoms with Crippen molar-refractivity contribution in [1.29, 1.82) is 0 Å². The summed E-state index contributed by atoms with van der Waals surface area (Å²) >= 11 is 0. The molecule has 0 aliphatic heterocycles. The lowest BCUT2D eigenvalue weighted by Crippen LogP contribution is -1.84. The molecule has 0 unspecified atom stereocenters. The van der Waals surface area contributed by atoms with Crippen LogP contribution in [0.5, 0.6) is 0 Å². The second kappa shape index (κ2) is 10.2. The predicted molar refractivity (Wildman–Crippen MR) is 79.0 cm³/mol. The van der Waals surface area contributed by atoms with Gasteiger partial charge < -0.3 is 4.42 Å². The topological polar surface area (TPSA) is 13.1 Å². The molecule has 1 rings (SSSR count). The zero-order valence-electron chi connectivity index (χ0n) is 12.3. The van der Waals surface area contributed by atoms with Crippen LogP contribution in [-0.4, -0.2) is 0 Å². The van der Waals surface area contributed by atoms with Gasteiger partial charge in [0.05, 0.1) is 0 Å². The number of hydrogen-bond acceptors (Lipinski definition) is 1. The molecule has 0 bridgehead atoms. The van der Waals surface area contributed by atoms with Crippen molar-refractivity contribution < 1.29 is 4.42 Å². The van der Waals surface area contributed by atoms with Crippen LogP contribution in [0.1, 0.15) is 82.7 Å². The van der Waals surface area contributed by atoms with E-state index >= 15 is 0 Å². The molecule has 0 spiro atoms. The van der Waals surface area contributed by atoms with Gasteiger partial charge in [0.25, 0.3) is 0 Å². The standard InChI is InChI=1S/C17H30O/c1-3-4-5-6-7-8-9-10-11-12-13-17-15-14-16(2)18-17/h14-15H,3-13H2,1-2H3. The van der Waals surface area contributed by atoms with E-state index in [0.717, 1.165) is 17.9 Å². The third kappa shape index (κ3) is 7.58. The Labute approximate surface area is 113 Å². The first-order valence-electron chi connectivity index (χ1n) is 7.88. The van der Waals surface area contributed by atoms with Crippen molar-refractivity contribution >= 4 is 0 Å². The molecular weight excluding hydrogens is 220 g/mol. The van der Waals surface area contributed by atoms with Gasteiger partial charge in [-0.1, -0.05) is 64.7 Å². The molecule has 1 heteroatoms. The van der Waals surface area contributed by atoms with E-state index in [2.05, 4.69) is 19.1 Å². The molecule has 0 N–H and O–H groups in total.